The average molecular weight is 339 g/mol. The molecule has 0 spiro atoms. The van der Waals surface area contributed by atoms with E-state index in [0.717, 1.165) is 30.8 Å². The molecule has 0 aliphatic carbocycles. The van der Waals surface area contributed by atoms with E-state index in [1.54, 1.807) is 0 Å². The van der Waals surface area contributed by atoms with Crippen molar-refractivity contribution in [3.8, 4) is 0 Å². The Labute approximate surface area is 141 Å². The molecule has 23 heavy (non-hydrogen) atoms. The quantitative estimate of drug-likeness (QED) is 0.772. The van der Waals surface area contributed by atoms with E-state index < -0.39 is 0 Å². The number of hydrogen-bond acceptors (Lipinski definition) is 5. The summed E-state index contributed by atoms with van der Waals surface area (Å²) in [7, 11) is 0. The summed E-state index contributed by atoms with van der Waals surface area (Å²) in [6, 6.07) is 0.411. The first-order valence-corrected chi connectivity index (χ1v) is 8.62. The fourth-order valence-corrected chi connectivity index (χ4v) is 3.51. The molecule has 1 unspecified atom stereocenters. The summed E-state index contributed by atoms with van der Waals surface area (Å²) in [5.74, 6) is 0.750. The van der Waals surface area contributed by atoms with Crippen molar-refractivity contribution in [3.63, 3.8) is 0 Å². The van der Waals surface area contributed by atoms with E-state index in [0.29, 0.717) is 25.5 Å². The number of ether oxygens (including phenoxy) is 1. The van der Waals surface area contributed by atoms with Crippen LogP contribution in [0.1, 0.15) is 49.7 Å². The van der Waals surface area contributed by atoms with Crippen LogP contribution in [0.4, 0.5) is 5.82 Å². The standard InChI is InChI=1S/C16H23ClN4O2/c1-4-23-9-11-6-5-7-20(11)14-12-8-21(10(2)3)15(22)13(12)18-16(17)19-14/h10-11H,4-9H2,1-3H3. The van der Waals surface area contributed by atoms with Gasteiger partial charge in [0, 0.05) is 24.8 Å². The topological polar surface area (TPSA) is 58.6 Å². The lowest BCUT2D eigenvalue weighted by Crippen LogP contribution is -2.35. The Hall–Kier alpha value is -1.40. The van der Waals surface area contributed by atoms with Crippen molar-refractivity contribution in [1.29, 1.82) is 0 Å². The minimum Gasteiger partial charge on any atom is -0.380 e. The third-order valence-corrected chi connectivity index (χ3v) is 4.71. The first-order chi connectivity index (χ1) is 11.0. The maximum atomic E-state index is 12.5. The third kappa shape index (κ3) is 3.02. The molecule has 1 atom stereocenters. The van der Waals surface area contributed by atoms with E-state index in [4.69, 9.17) is 16.3 Å². The van der Waals surface area contributed by atoms with E-state index in [2.05, 4.69) is 14.9 Å². The smallest absolute Gasteiger partial charge is 0.273 e. The summed E-state index contributed by atoms with van der Waals surface area (Å²) in [5, 5.41) is 0.139. The maximum Gasteiger partial charge on any atom is 0.273 e. The molecule has 0 bridgehead atoms. The number of aromatic nitrogens is 2. The molecule has 1 aromatic heterocycles. The van der Waals surface area contributed by atoms with Gasteiger partial charge in [0.2, 0.25) is 5.28 Å². The molecule has 6 nitrogen and oxygen atoms in total. The predicted octanol–water partition coefficient (Wildman–Crippen LogP) is 2.50. The van der Waals surface area contributed by atoms with Gasteiger partial charge in [-0.2, -0.15) is 0 Å². The van der Waals surface area contributed by atoms with Crippen LogP contribution in [0.15, 0.2) is 0 Å². The van der Waals surface area contributed by atoms with Gasteiger partial charge in [-0.05, 0) is 45.2 Å². The summed E-state index contributed by atoms with van der Waals surface area (Å²) >= 11 is 6.10. The lowest BCUT2D eigenvalue weighted by molar-refractivity contribution is 0.0726. The van der Waals surface area contributed by atoms with Crippen LogP contribution in [0.25, 0.3) is 0 Å². The molecular weight excluding hydrogens is 316 g/mol. The molecule has 0 saturated carbocycles. The molecule has 3 rings (SSSR count). The van der Waals surface area contributed by atoms with E-state index in [9.17, 15) is 4.79 Å². The fraction of sp³-hybridized carbons (Fsp3) is 0.688. The van der Waals surface area contributed by atoms with Gasteiger partial charge < -0.3 is 14.5 Å². The molecule has 3 heterocycles. The summed E-state index contributed by atoms with van der Waals surface area (Å²) in [5.41, 5.74) is 1.35. The molecule has 0 aromatic carbocycles. The van der Waals surface area contributed by atoms with Gasteiger partial charge in [0.15, 0.2) is 0 Å². The number of carbonyl (C=O) groups excluding carboxylic acids is 1. The van der Waals surface area contributed by atoms with Crippen molar-refractivity contribution in [2.75, 3.05) is 24.7 Å². The largest absolute Gasteiger partial charge is 0.380 e. The van der Waals surface area contributed by atoms with Gasteiger partial charge in [0.1, 0.15) is 11.5 Å². The molecule has 1 aromatic rings. The Kier molecular flexibility index (Phi) is 4.73. The molecular formula is C16H23ClN4O2. The Balaban J connectivity index is 1.95. The Morgan fingerprint density at radius 1 is 1.39 bits per heavy atom. The zero-order chi connectivity index (χ0) is 16.6. The molecule has 1 fully saturated rings. The maximum absolute atomic E-state index is 12.5. The minimum atomic E-state index is -0.0545. The first kappa shape index (κ1) is 16.5. The van der Waals surface area contributed by atoms with Crippen molar-refractivity contribution in [2.24, 2.45) is 0 Å². The Morgan fingerprint density at radius 2 is 2.17 bits per heavy atom. The van der Waals surface area contributed by atoms with Crippen molar-refractivity contribution in [1.82, 2.24) is 14.9 Å². The Bertz CT molecular complexity index is 608. The summed E-state index contributed by atoms with van der Waals surface area (Å²) < 4.78 is 5.60. The predicted molar refractivity (Wildman–Crippen MR) is 88.9 cm³/mol. The van der Waals surface area contributed by atoms with E-state index in [-0.39, 0.29) is 23.3 Å². The lowest BCUT2D eigenvalue weighted by Gasteiger charge is -2.27. The highest BCUT2D eigenvalue weighted by Gasteiger charge is 2.37. The van der Waals surface area contributed by atoms with Gasteiger partial charge in [-0.15, -0.1) is 0 Å². The third-order valence-electron chi connectivity index (χ3n) is 4.54. The number of hydrogen-bond donors (Lipinski definition) is 0. The van der Waals surface area contributed by atoms with Gasteiger partial charge in [-0.3, -0.25) is 4.79 Å². The number of amides is 1. The van der Waals surface area contributed by atoms with Crippen molar-refractivity contribution in [3.05, 3.63) is 16.5 Å². The van der Waals surface area contributed by atoms with Crippen molar-refractivity contribution in [2.45, 2.75) is 52.2 Å². The van der Waals surface area contributed by atoms with Crippen LogP contribution in [-0.4, -0.2) is 52.6 Å². The van der Waals surface area contributed by atoms with Crippen molar-refractivity contribution < 1.29 is 9.53 Å². The van der Waals surface area contributed by atoms with E-state index in [1.165, 1.54) is 0 Å². The van der Waals surface area contributed by atoms with Gasteiger partial charge in [0.05, 0.1) is 19.2 Å². The van der Waals surface area contributed by atoms with Gasteiger partial charge in [-0.25, -0.2) is 9.97 Å². The highest BCUT2D eigenvalue weighted by molar-refractivity contribution is 6.28. The van der Waals surface area contributed by atoms with Gasteiger partial charge in [-0.1, -0.05) is 0 Å². The monoisotopic (exact) mass is 338 g/mol. The molecule has 1 saturated heterocycles. The van der Waals surface area contributed by atoms with E-state index in [1.807, 2.05) is 25.7 Å². The SMILES string of the molecule is CCOCC1CCCN1c1nc(Cl)nc2c1CN(C(C)C)C2=O. The second-order valence-electron chi connectivity index (χ2n) is 6.32. The molecule has 0 N–H and O–H groups in total. The van der Waals surface area contributed by atoms with Crippen LogP contribution in [0.2, 0.25) is 5.28 Å². The second-order valence-corrected chi connectivity index (χ2v) is 6.66. The zero-order valence-electron chi connectivity index (χ0n) is 13.9. The van der Waals surface area contributed by atoms with Crippen LogP contribution in [0.3, 0.4) is 0 Å². The van der Waals surface area contributed by atoms with Crippen LogP contribution >= 0.6 is 11.6 Å². The fourth-order valence-electron chi connectivity index (χ4n) is 3.34. The highest BCUT2D eigenvalue weighted by atomic mass is 35.5. The zero-order valence-corrected chi connectivity index (χ0v) is 14.6. The van der Waals surface area contributed by atoms with Crippen LogP contribution in [-0.2, 0) is 11.3 Å². The van der Waals surface area contributed by atoms with Crippen LogP contribution in [0, 0.1) is 0 Å². The number of halogens is 1. The summed E-state index contributed by atoms with van der Waals surface area (Å²) in [4.78, 5) is 25.2. The molecule has 7 heteroatoms. The average Bonchev–Trinajstić information content (AvgIpc) is 3.10. The first-order valence-electron chi connectivity index (χ1n) is 8.24. The summed E-state index contributed by atoms with van der Waals surface area (Å²) in [6.45, 7) is 8.85. The van der Waals surface area contributed by atoms with Gasteiger partial charge >= 0.3 is 0 Å². The number of fused-ring (bicyclic) bond motifs is 1. The number of anilines is 1. The minimum absolute atomic E-state index is 0.0545. The lowest BCUT2D eigenvalue weighted by atomic mass is 10.2. The second kappa shape index (κ2) is 6.61. The summed E-state index contributed by atoms with van der Waals surface area (Å²) in [6.07, 6.45) is 2.16. The number of nitrogens with zero attached hydrogens (tertiary/aromatic N) is 4. The van der Waals surface area contributed by atoms with Gasteiger partial charge in [0.25, 0.3) is 5.91 Å². The number of rotatable bonds is 5. The molecule has 2 aliphatic rings. The highest BCUT2D eigenvalue weighted by Crippen LogP contribution is 2.34. The molecule has 0 radical (unpaired) electrons. The normalized spacial score (nSPS) is 20.7. The van der Waals surface area contributed by atoms with Crippen LogP contribution < -0.4 is 4.90 Å². The van der Waals surface area contributed by atoms with E-state index >= 15 is 0 Å². The molecule has 126 valence electrons. The van der Waals surface area contributed by atoms with Crippen molar-refractivity contribution >= 4 is 23.3 Å². The Morgan fingerprint density at radius 3 is 2.87 bits per heavy atom. The number of carbonyl (C=O) groups is 1. The molecule has 2 aliphatic heterocycles. The van der Waals surface area contributed by atoms with Crippen LogP contribution in [0.5, 0.6) is 0 Å². The molecule has 1 amide bonds.